The first kappa shape index (κ1) is 19.8. The van der Waals surface area contributed by atoms with E-state index in [-0.39, 0.29) is 17.1 Å². The van der Waals surface area contributed by atoms with Gasteiger partial charge in [-0.15, -0.1) is 0 Å². The second-order valence-electron chi connectivity index (χ2n) is 7.65. The van der Waals surface area contributed by atoms with Gasteiger partial charge >= 0.3 is 5.69 Å². The number of benzene rings is 1. The molecule has 2 aromatic heterocycles. The van der Waals surface area contributed by atoms with Crippen molar-refractivity contribution in [2.24, 2.45) is 0 Å². The number of nitrogens with one attached hydrogen (secondary N) is 1. The minimum atomic E-state index is -0.632. The lowest BCUT2D eigenvalue weighted by Crippen LogP contribution is -2.50. The van der Waals surface area contributed by atoms with Crippen molar-refractivity contribution in [1.82, 2.24) is 19.9 Å². The maximum atomic E-state index is 14.4. The van der Waals surface area contributed by atoms with Crippen molar-refractivity contribution >= 4 is 28.5 Å². The van der Waals surface area contributed by atoms with Crippen molar-refractivity contribution in [3.8, 4) is 5.69 Å². The maximum Gasteiger partial charge on any atom is 0.355 e. The summed E-state index contributed by atoms with van der Waals surface area (Å²) in [6.07, 6.45) is 0. The van der Waals surface area contributed by atoms with Gasteiger partial charge in [0.1, 0.15) is 5.82 Å². The zero-order valence-electron chi connectivity index (χ0n) is 16.6. The van der Waals surface area contributed by atoms with E-state index in [0.717, 1.165) is 18.7 Å². The fourth-order valence-electron chi connectivity index (χ4n) is 3.85. The molecule has 3 heterocycles. The highest BCUT2D eigenvalue weighted by Gasteiger charge is 2.25. The third-order valence-electron chi connectivity index (χ3n) is 5.33. The van der Waals surface area contributed by atoms with E-state index in [9.17, 15) is 9.18 Å². The largest absolute Gasteiger partial charge is 0.355 e. The predicted molar refractivity (Wildman–Crippen MR) is 114 cm³/mol. The summed E-state index contributed by atoms with van der Waals surface area (Å²) in [5.41, 5.74) is 1.51. The molecule has 0 radical (unpaired) electrons. The van der Waals surface area contributed by atoms with Gasteiger partial charge in [-0.25, -0.2) is 18.7 Å². The van der Waals surface area contributed by atoms with Crippen molar-refractivity contribution < 1.29 is 4.39 Å². The van der Waals surface area contributed by atoms with Crippen LogP contribution in [0.3, 0.4) is 0 Å². The average Bonchev–Trinajstić information content (AvgIpc) is 2.69. The molecule has 1 N–H and O–H groups in total. The van der Waals surface area contributed by atoms with E-state index in [1.807, 2.05) is 36.1 Å². The monoisotopic (exact) mass is 415 g/mol. The minimum Gasteiger partial charge on any atom is -0.351 e. The minimum absolute atomic E-state index is 0.108. The summed E-state index contributed by atoms with van der Waals surface area (Å²) >= 11 is 6.02. The highest BCUT2D eigenvalue weighted by Crippen LogP contribution is 2.30. The second-order valence-corrected chi connectivity index (χ2v) is 8.00. The lowest BCUT2D eigenvalue weighted by atomic mass is 10.0. The fourth-order valence-corrected chi connectivity index (χ4v) is 3.99. The van der Waals surface area contributed by atoms with E-state index in [1.54, 1.807) is 0 Å². The third-order valence-corrected chi connectivity index (χ3v) is 5.60. The Kier molecular flexibility index (Phi) is 5.27. The molecule has 0 aliphatic carbocycles. The summed E-state index contributed by atoms with van der Waals surface area (Å²) < 4.78 is 15.8. The summed E-state index contributed by atoms with van der Waals surface area (Å²) in [7, 11) is 0. The molecule has 0 amide bonds. The van der Waals surface area contributed by atoms with Gasteiger partial charge in [0.15, 0.2) is 16.6 Å². The maximum absolute atomic E-state index is 14.4. The molecule has 1 fully saturated rings. The van der Waals surface area contributed by atoms with Gasteiger partial charge < -0.3 is 10.2 Å². The Balaban J connectivity index is 2.06. The average molecular weight is 416 g/mol. The first-order valence-electron chi connectivity index (χ1n) is 9.74. The Morgan fingerprint density at radius 1 is 1.28 bits per heavy atom. The van der Waals surface area contributed by atoms with Crippen molar-refractivity contribution in [3.63, 3.8) is 0 Å². The molecular formula is C21H23ClFN5O. The molecule has 1 atom stereocenters. The Hall–Kier alpha value is -2.51. The number of hydrogen-bond acceptors (Lipinski definition) is 5. The van der Waals surface area contributed by atoms with Crippen molar-refractivity contribution in [3.05, 3.63) is 57.3 Å². The molecule has 0 bridgehead atoms. The summed E-state index contributed by atoms with van der Waals surface area (Å²) in [5.74, 6) is -0.00960. The van der Waals surface area contributed by atoms with Crippen LogP contribution in [-0.4, -0.2) is 40.2 Å². The summed E-state index contributed by atoms with van der Waals surface area (Å²) in [6, 6.07) is 9.04. The first-order chi connectivity index (χ1) is 13.9. The van der Waals surface area contributed by atoms with Crippen molar-refractivity contribution in [2.45, 2.75) is 32.7 Å². The van der Waals surface area contributed by atoms with E-state index in [2.05, 4.69) is 29.1 Å². The van der Waals surface area contributed by atoms with Gasteiger partial charge in [0, 0.05) is 25.7 Å². The first-order valence-corrected chi connectivity index (χ1v) is 10.1. The van der Waals surface area contributed by atoms with Crippen LogP contribution in [0.1, 0.15) is 32.3 Å². The molecule has 3 aromatic rings. The number of para-hydroxylation sites is 1. The predicted octanol–water partition coefficient (Wildman–Crippen LogP) is 3.49. The summed E-state index contributed by atoms with van der Waals surface area (Å²) in [6.45, 7) is 8.33. The van der Waals surface area contributed by atoms with Crippen LogP contribution < -0.4 is 15.9 Å². The number of anilines is 1. The van der Waals surface area contributed by atoms with Crippen LogP contribution in [0.15, 0.2) is 35.1 Å². The standard InChI is InChI=1S/C21H23ClFN5O/c1-12(2)14-6-4-5-7-17(14)28-20-15(10-16(23)18(22)25-20)19(26-21(28)29)27-9-8-24-11-13(27)3/h4-7,10,12-13,24H,8-9,11H2,1-3H3/t13-/m0/s1. The topological polar surface area (TPSA) is 63.1 Å². The number of halogens is 2. The Labute approximate surface area is 173 Å². The zero-order valence-corrected chi connectivity index (χ0v) is 17.4. The van der Waals surface area contributed by atoms with Crippen LogP contribution in [0, 0.1) is 5.82 Å². The quantitative estimate of drug-likeness (QED) is 0.663. The van der Waals surface area contributed by atoms with Crippen LogP contribution in [0.2, 0.25) is 5.15 Å². The number of rotatable bonds is 3. The summed E-state index contributed by atoms with van der Waals surface area (Å²) in [4.78, 5) is 23.9. The molecule has 8 heteroatoms. The fraction of sp³-hybridized carbons (Fsp3) is 0.381. The molecule has 0 saturated carbocycles. The van der Waals surface area contributed by atoms with Crippen molar-refractivity contribution in [2.75, 3.05) is 24.5 Å². The number of pyridine rings is 1. The number of hydrogen-bond donors (Lipinski definition) is 1. The molecule has 0 spiro atoms. The number of fused-ring (bicyclic) bond motifs is 1. The van der Waals surface area contributed by atoms with Crippen LogP contribution in [0.25, 0.3) is 16.7 Å². The SMILES string of the molecule is CC(C)c1ccccc1-n1c(=O)nc(N2CCNC[C@@H]2C)c2cc(F)c(Cl)nc21. The van der Waals surface area contributed by atoms with Gasteiger partial charge in [0.25, 0.3) is 0 Å². The van der Waals surface area contributed by atoms with E-state index in [0.29, 0.717) is 29.1 Å². The number of aromatic nitrogens is 3. The highest BCUT2D eigenvalue weighted by molar-refractivity contribution is 6.30. The van der Waals surface area contributed by atoms with Crippen LogP contribution in [0.5, 0.6) is 0 Å². The normalized spacial score (nSPS) is 17.3. The number of nitrogens with zero attached hydrogens (tertiary/aromatic N) is 4. The van der Waals surface area contributed by atoms with E-state index < -0.39 is 11.5 Å². The molecule has 1 aliphatic heterocycles. The van der Waals surface area contributed by atoms with Crippen molar-refractivity contribution in [1.29, 1.82) is 0 Å². The Morgan fingerprint density at radius 3 is 2.76 bits per heavy atom. The molecule has 29 heavy (non-hydrogen) atoms. The number of piperazine rings is 1. The molecule has 1 aliphatic rings. The highest BCUT2D eigenvalue weighted by atomic mass is 35.5. The van der Waals surface area contributed by atoms with Gasteiger partial charge in [0.2, 0.25) is 0 Å². The van der Waals surface area contributed by atoms with Gasteiger partial charge in [-0.1, -0.05) is 43.6 Å². The molecule has 6 nitrogen and oxygen atoms in total. The lowest BCUT2D eigenvalue weighted by Gasteiger charge is -2.35. The zero-order chi connectivity index (χ0) is 20.7. The van der Waals surface area contributed by atoms with Crippen LogP contribution in [0.4, 0.5) is 10.2 Å². The Bertz CT molecular complexity index is 1130. The smallest absolute Gasteiger partial charge is 0.351 e. The van der Waals surface area contributed by atoms with Crippen LogP contribution in [-0.2, 0) is 0 Å². The molecule has 1 saturated heterocycles. The van der Waals surface area contributed by atoms with Gasteiger partial charge in [-0.05, 0) is 30.5 Å². The summed E-state index contributed by atoms with van der Waals surface area (Å²) in [5, 5.41) is 3.52. The molecule has 152 valence electrons. The van der Waals surface area contributed by atoms with E-state index in [4.69, 9.17) is 11.6 Å². The van der Waals surface area contributed by atoms with Gasteiger partial charge in [-0.3, -0.25) is 0 Å². The van der Waals surface area contributed by atoms with Crippen LogP contribution >= 0.6 is 11.6 Å². The molecule has 0 unspecified atom stereocenters. The molecule has 1 aromatic carbocycles. The lowest BCUT2D eigenvalue weighted by molar-refractivity contribution is 0.497. The van der Waals surface area contributed by atoms with E-state index >= 15 is 0 Å². The molecule has 4 rings (SSSR count). The Morgan fingerprint density at radius 2 is 2.03 bits per heavy atom. The van der Waals surface area contributed by atoms with Gasteiger partial charge in [0.05, 0.1) is 11.1 Å². The van der Waals surface area contributed by atoms with E-state index in [1.165, 1.54) is 10.6 Å². The molecular weight excluding hydrogens is 393 g/mol. The second kappa shape index (κ2) is 7.72. The third kappa shape index (κ3) is 3.49. The van der Waals surface area contributed by atoms with Gasteiger partial charge in [-0.2, -0.15) is 4.98 Å².